The number of aryl methyl sites for hydroxylation is 2. The minimum Gasteiger partial charge on any atom is -0.273 e. The molecule has 5 heteroatoms. The summed E-state index contributed by atoms with van der Waals surface area (Å²) < 4.78 is 1.87. The molecule has 2 rings (SSSR count). The Morgan fingerprint density at radius 3 is 2.88 bits per heavy atom. The summed E-state index contributed by atoms with van der Waals surface area (Å²) in [6.07, 6.45) is 3.80. The highest BCUT2D eigenvalue weighted by Gasteiger charge is 2.15. The zero-order valence-corrected chi connectivity index (χ0v) is 10.1. The molecule has 0 aromatic carbocycles. The molecule has 0 aliphatic carbocycles. The fourth-order valence-electron chi connectivity index (χ4n) is 1.78. The van der Waals surface area contributed by atoms with Crippen molar-refractivity contribution in [1.82, 2.24) is 20.2 Å². The molecule has 0 radical (unpaired) electrons. The standard InChI is InChI=1S/C12H17N5/c1-3-17-8-10(7-14-17)12(16-13)11-6-4-5-9(2)15-11/h4-8,12,16H,3,13H2,1-2H3. The number of hydrogen-bond acceptors (Lipinski definition) is 4. The predicted molar refractivity (Wildman–Crippen MR) is 66.0 cm³/mol. The smallest absolute Gasteiger partial charge is 0.0911 e. The van der Waals surface area contributed by atoms with E-state index in [0.29, 0.717) is 0 Å². The van der Waals surface area contributed by atoms with Crippen molar-refractivity contribution >= 4 is 0 Å². The second kappa shape index (κ2) is 5.07. The molecular weight excluding hydrogens is 214 g/mol. The van der Waals surface area contributed by atoms with Gasteiger partial charge in [-0.3, -0.25) is 15.5 Å². The van der Waals surface area contributed by atoms with Crippen molar-refractivity contribution in [2.75, 3.05) is 0 Å². The molecule has 2 heterocycles. The van der Waals surface area contributed by atoms with Crippen LogP contribution in [0.1, 0.15) is 29.9 Å². The molecule has 0 amide bonds. The summed E-state index contributed by atoms with van der Waals surface area (Å²) in [5, 5.41) is 4.24. The maximum absolute atomic E-state index is 5.61. The quantitative estimate of drug-likeness (QED) is 0.612. The predicted octanol–water partition coefficient (Wildman–Crippen LogP) is 1.16. The van der Waals surface area contributed by atoms with Crippen LogP contribution < -0.4 is 11.3 Å². The van der Waals surface area contributed by atoms with Gasteiger partial charge in [0.1, 0.15) is 0 Å². The van der Waals surface area contributed by atoms with E-state index in [-0.39, 0.29) is 6.04 Å². The van der Waals surface area contributed by atoms with Crippen molar-refractivity contribution in [3.8, 4) is 0 Å². The molecule has 0 spiro atoms. The number of nitrogens with zero attached hydrogens (tertiary/aromatic N) is 3. The summed E-state index contributed by atoms with van der Waals surface area (Å²) in [7, 11) is 0. The van der Waals surface area contributed by atoms with Gasteiger partial charge in [0.15, 0.2) is 0 Å². The Balaban J connectivity index is 2.33. The lowest BCUT2D eigenvalue weighted by Crippen LogP contribution is -2.29. The number of aromatic nitrogens is 3. The maximum Gasteiger partial charge on any atom is 0.0911 e. The molecule has 0 bridgehead atoms. The van der Waals surface area contributed by atoms with Gasteiger partial charge < -0.3 is 0 Å². The average Bonchev–Trinajstić information content (AvgIpc) is 2.79. The average molecular weight is 231 g/mol. The van der Waals surface area contributed by atoms with Crippen LogP contribution in [0.25, 0.3) is 0 Å². The van der Waals surface area contributed by atoms with E-state index in [9.17, 15) is 0 Å². The molecule has 17 heavy (non-hydrogen) atoms. The first-order valence-electron chi connectivity index (χ1n) is 5.66. The van der Waals surface area contributed by atoms with Crippen molar-refractivity contribution in [2.45, 2.75) is 26.4 Å². The van der Waals surface area contributed by atoms with Crippen LogP contribution in [0.15, 0.2) is 30.6 Å². The monoisotopic (exact) mass is 231 g/mol. The number of rotatable bonds is 4. The van der Waals surface area contributed by atoms with Gasteiger partial charge in [-0.1, -0.05) is 6.07 Å². The molecule has 2 aromatic heterocycles. The van der Waals surface area contributed by atoms with Gasteiger partial charge in [0.2, 0.25) is 0 Å². The molecular formula is C12H17N5. The Hall–Kier alpha value is -1.72. The van der Waals surface area contributed by atoms with E-state index in [2.05, 4.69) is 15.5 Å². The van der Waals surface area contributed by atoms with Crippen LogP contribution in [0.2, 0.25) is 0 Å². The van der Waals surface area contributed by atoms with Crippen LogP contribution in [0.4, 0.5) is 0 Å². The van der Waals surface area contributed by atoms with Crippen LogP contribution in [-0.2, 0) is 6.54 Å². The van der Waals surface area contributed by atoms with Gasteiger partial charge >= 0.3 is 0 Å². The summed E-state index contributed by atoms with van der Waals surface area (Å²) in [5.74, 6) is 5.61. The van der Waals surface area contributed by atoms with Gasteiger partial charge in [-0.25, -0.2) is 5.43 Å². The van der Waals surface area contributed by atoms with Gasteiger partial charge in [-0.05, 0) is 26.0 Å². The van der Waals surface area contributed by atoms with E-state index in [1.807, 2.05) is 49.1 Å². The summed E-state index contributed by atoms with van der Waals surface area (Å²) in [6, 6.07) is 5.79. The topological polar surface area (TPSA) is 68.8 Å². The molecule has 2 aromatic rings. The fourth-order valence-corrected chi connectivity index (χ4v) is 1.78. The number of pyridine rings is 1. The Bertz CT molecular complexity index is 491. The lowest BCUT2D eigenvalue weighted by atomic mass is 10.1. The minimum atomic E-state index is -0.116. The van der Waals surface area contributed by atoms with E-state index >= 15 is 0 Å². The summed E-state index contributed by atoms with van der Waals surface area (Å²) in [5.41, 5.74) is 5.69. The third kappa shape index (κ3) is 2.51. The molecule has 5 nitrogen and oxygen atoms in total. The minimum absolute atomic E-state index is 0.116. The zero-order chi connectivity index (χ0) is 12.3. The van der Waals surface area contributed by atoms with Gasteiger partial charge in [-0.15, -0.1) is 0 Å². The first-order chi connectivity index (χ1) is 8.24. The van der Waals surface area contributed by atoms with Gasteiger partial charge in [0, 0.05) is 24.0 Å². The molecule has 0 fully saturated rings. The highest BCUT2D eigenvalue weighted by molar-refractivity contribution is 5.24. The first-order valence-corrected chi connectivity index (χ1v) is 5.66. The largest absolute Gasteiger partial charge is 0.273 e. The van der Waals surface area contributed by atoms with Crippen LogP contribution in [0.3, 0.4) is 0 Å². The Morgan fingerprint density at radius 1 is 1.47 bits per heavy atom. The first kappa shape index (κ1) is 11.8. The van der Waals surface area contributed by atoms with E-state index in [0.717, 1.165) is 23.5 Å². The molecule has 0 saturated carbocycles. The van der Waals surface area contributed by atoms with Crippen molar-refractivity contribution in [2.24, 2.45) is 5.84 Å². The number of nitrogens with two attached hydrogens (primary N) is 1. The summed E-state index contributed by atoms with van der Waals surface area (Å²) >= 11 is 0. The third-order valence-corrected chi connectivity index (χ3v) is 2.68. The number of hydrogen-bond donors (Lipinski definition) is 2. The molecule has 0 aliphatic rings. The Labute approximate surface area is 101 Å². The van der Waals surface area contributed by atoms with E-state index in [4.69, 9.17) is 5.84 Å². The van der Waals surface area contributed by atoms with E-state index in [1.165, 1.54) is 0 Å². The highest BCUT2D eigenvalue weighted by atomic mass is 15.3. The molecule has 3 N–H and O–H groups in total. The Kier molecular flexibility index (Phi) is 3.51. The lowest BCUT2D eigenvalue weighted by molar-refractivity contribution is 0.615. The second-order valence-corrected chi connectivity index (χ2v) is 3.93. The molecule has 0 saturated heterocycles. The molecule has 0 aliphatic heterocycles. The van der Waals surface area contributed by atoms with Crippen molar-refractivity contribution < 1.29 is 0 Å². The van der Waals surface area contributed by atoms with Crippen LogP contribution in [0.5, 0.6) is 0 Å². The van der Waals surface area contributed by atoms with Crippen LogP contribution in [0, 0.1) is 6.92 Å². The lowest BCUT2D eigenvalue weighted by Gasteiger charge is -2.13. The Morgan fingerprint density at radius 2 is 2.29 bits per heavy atom. The molecule has 1 unspecified atom stereocenters. The van der Waals surface area contributed by atoms with E-state index in [1.54, 1.807) is 0 Å². The van der Waals surface area contributed by atoms with Crippen molar-refractivity contribution in [3.05, 3.63) is 47.5 Å². The summed E-state index contributed by atoms with van der Waals surface area (Å²) in [4.78, 5) is 4.48. The highest BCUT2D eigenvalue weighted by Crippen LogP contribution is 2.19. The number of hydrazine groups is 1. The zero-order valence-electron chi connectivity index (χ0n) is 10.1. The fraction of sp³-hybridized carbons (Fsp3) is 0.333. The number of nitrogens with one attached hydrogen (secondary N) is 1. The van der Waals surface area contributed by atoms with Gasteiger partial charge in [0.25, 0.3) is 0 Å². The normalized spacial score (nSPS) is 12.6. The SMILES string of the molecule is CCn1cc(C(NN)c2cccc(C)n2)cn1. The van der Waals surface area contributed by atoms with Crippen LogP contribution >= 0.6 is 0 Å². The summed E-state index contributed by atoms with van der Waals surface area (Å²) in [6.45, 7) is 4.86. The van der Waals surface area contributed by atoms with Gasteiger partial charge in [-0.2, -0.15) is 5.10 Å². The van der Waals surface area contributed by atoms with Crippen molar-refractivity contribution in [1.29, 1.82) is 0 Å². The maximum atomic E-state index is 5.61. The molecule has 90 valence electrons. The van der Waals surface area contributed by atoms with Gasteiger partial charge in [0.05, 0.1) is 17.9 Å². The third-order valence-electron chi connectivity index (χ3n) is 2.68. The van der Waals surface area contributed by atoms with E-state index < -0.39 is 0 Å². The van der Waals surface area contributed by atoms with Crippen LogP contribution in [-0.4, -0.2) is 14.8 Å². The second-order valence-electron chi connectivity index (χ2n) is 3.93. The van der Waals surface area contributed by atoms with Crippen molar-refractivity contribution in [3.63, 3.8) is 0 Å². The molecule has 1 atom stereocenters.